The molecule has 1 aliphatic heterocycles. The van der Waals surface area contributed by atoms with Crippen LogP contribution in [0, 0.1) is 0 Å². The van der Waals surface area contributed by atoms with Crippen LogP contribution in [0.4, 0.5) is 0 Å². The smallest absolute Gasteiger partial charge is 0.243 e. The van der Waals surface area contributed by atoms with E-state index in [2.05, 4.69) is 11.2 Å². The van der Waals surface area contributed by atoms with Crippen molar-refractivity contribution in [2.24, 2.45) is 0 Å². The molecule has 0 saturated heterocycles. The Morgan fingerprint density at radius 2 is 2.30 bits per heavy atom. The molecule has 0 unspecified atom stereocenters. The zero-order valence-electron chi connectivity index (χ0n) is 5.37. The Labute approximate surface area is 61.5 Å². The maximum Gasteiger partial charge on any atom is 0.243 e. The van der Waals surface area contributed by atoms with Crippen LogP contribution in [0.1, 0.15) is 5.56 Å². The molecule has 2 rings (SSSR count). The zero-order chi connectivity index (χ0) is 6.81. The van der Waals surface area contributed by atoms with Crippen molar-refractivity contribution in [1.82, 2.24) is 5.09 Å². The summed E-state index contributed by atoms with van der Waals surface area (Å²) in [6.07, 6.45) is 0. The van der Waals surface area contributed by atoms with Crippen molar-refractivity contribution in [3.05, 3.63) is 29.8 Å². The predicted molar refractivity (Wildman–Crippen MR) is 40.8 cm³/mol. The van der Waals surface area contributed by atoms with Gasteiger partial charge in [0.25, 0.3) is 0 Å². The second-order valence-electron chi connectivity index (χ2n) is 2.13. The Hall–Kier alpha value is -0.590. The van der Waals surface area contributed by atoms with Crippen LogP contribution in [-0.2, 0) is 6.54 Å². The number of para-hydroxylation sites is 1. The van der Waals surface area contributed by atoms with Gasteiger partial charge in [-0.1, -0.05) is 18.2 Å². The van der Waals surface area contributed by atoms with E-state index in [1.165, 1.54) is 5.56 Å². The number of benzene rings is 1. The van der Waals surface area contributed by atoms with Crippen LogP contribution in [0.2, 0.25) is 0 Å². The highest BCUT2D eigenvalue weighted by molar-refractivity contribution is 7.30. The minimum atomic E-state index is 0.853. The molecule has 1 heterocycles. The van der Waals surface area contributed by atoms with Gasteiger partial charge in [-0.05, 0) is 6.07 Å². The summed E-state index contributed by atoms with van der Waals surface area (Å²) in [4.78, 5) is 0. The van der Waals surface area contributed by atoms with Crippen molar-refractivity contribution in [3.8, 4) is 5.75 Å². The second kappa shape index (κ2) is 2.57. The van der Waals surface area contributed by atoms with E-state index in [-0.39, 0.29) is 0 Å². The third-order valence-electron chi connectivity index (χ3n) is 1.45. The van der Waals surface area contributed by atoms with Crippen molar-refractivity contribution in [2.75, 3.05) is 0 Å². The first-order chi connectivity index (χ1) is 4.97. The number of hydrogen-bond donors (Lipinski definition) is 1. The molecule has 1 aliphatic rings. The Kier molecular flexibility index (Phi) is 1.58. The van der Waals surface area contributed by atoms with Crippen LogP contribution in [0.5, 0.6) is 5.75 Å². The fraction of sp³-hybridized carbons (Fsp3) is 0.143. The summed E-state index contributed by atoms with van der Waals surface area (Å²) >= 11 is 0. The zero-order valence-corrected chi connectivity index (χ0v) is 6.27. The monoisotopic (exact) mass is 152 g/mol. The summed E-state index contributed by atoms with van der Waals surface area (Å²) in [5, 5.41) is 3.09. The van der Waals surface area contributed by atoms with Crippen molar-refractivity contribution in [2.45, 2.75) is 6.54 Å². The van der Waals surface area contributed by atoms with Gasteiger partial charge in [-0.2, -0.15) is 0 Å². The maximum absolute atomic E-state index is 5.28. The molecule has 1 radical (unpaired) electrons. The topological polar surface area (TPSA) is 21.3 Å². The van der Waals surface area contributed by atoms with Crippen molar-refractivity contribution in [3.63, 3.8) is 0 Å². The van der Waals surface area contributed by atoms with Gasteiger partial charge in [-0.25, -0.2) is 0 Å². The Morgan fingerprint density at radius 3 is 3.20 bits per heavy atom. The van der Waals surface area contributed by atoms with Gasteiger partial charge in [0.2, 0.25) is 8.96 Å². The first kappa shape index (κ1) is 6.14. The predicted octanol–water partition coefficient (Wildman–Crippen LogP) is 1.94. The SMILES string of the molecule is c1ccc2c(c1)CN[P]O2. The summed E-state index contributed by atoms with van der Waals surface area (Å²) in [7, 11) is 0.853. The fourth-order valence-electron chi connectivity index (χ4n) is 0.938. The largest absolute Gasteiger partial charge is 0.449 e. The molecule has 1 aromatic rings. The van der Waals surface area contributed by atoms with E-state index in [0.29, 0.717) is 0 Å². The Morgan fingerprint density at radius 1 is 1.40 bits per heavy atom. The molecule has 0 aromatic heterocycles. The van der Waals surface area contributed by atoms with Crippen LogP contribution in [0.25, 0.3) is 0 Å². The van der Waals surface area contributed by atoms with Gasteiger partial charge in [0.1, 0.15) is 5.75 Å². The van der Waals surface area contributed by atoms with Crippen molar-refractivity contribution in [1.29, 1.82) is 0 Å². The minimum absolute atomic E-state index is 0.853. The van der Waals surface area contributed by atoms with E-state index in [4.69, 9.17) is 4.52 Å². The van der Waals surface area contributed by atoms with Gasteiger partial charge in [0.15, 0.2) is 0 Å². The summed E-state index contributed by atoms with van der Waals surface area (Å²) < 4.78 is 5.28. The van der Waals surface area contributed by atoms with Crippen LogP contribution in [0.3, 0.4) is 0 Å². The van der Waals surface area contributed by atoms with E-state index in [1.54, 1.807) is 0 Å². The van der Waals surface area contributed by atoms with E-state index in [0.717, 1.165) is 21.3 Å². The standard InChI is InChI=1S/C7H7NOP/c1-2-4-7-6(3-1)5-8-10-9-7/h1-4,8H,5H2. The number of fused-ring (bicyclic) bond motifs is 1. The summed E-state index contributed by atoms with van der Waals surface area (Å²) in [5.74, 6) is 1.00. The highest BCUT2D eigenvalue weighted by Gasteiger charge is 2.07. The summed E-state index contributed by atoms with van der Waals surface area (Å²) in [6, 6.07) is 8.06. The molecule has 10 heavy (non-hydrogen) atoms. The van der Waals surface area contributed by atoms with Gasteiger partial charge in [-0.3, -0.25) is 5.09 Å². The summed E-state index contributed by atoms with van der Waals surface area (Å²) in [5.41, 5.74) is 1.24. The van der Waals surface area contributed by atoms with Crippen LogP contribution < -0.4 is 9.61 Å². The molecule has 0 fully saturated rings. The van der Waals surface area contributed by atoms with Crippen LogP contribution in [-0.4, -0.2) is 0 Å². The molecular formula is C7H7NOP. The molecule has 0 amide bonds. The lowest BCUT2D eigenvalue weighted by Gasteiger charge is -2.14. The first-order valence-electron chi connectivity index (χ1n) is 3.14. The van der Waals surface area contributed by atoms with E-state index < -0.39 is 0 Å². The highest BCUT2D eigenvalue weighted by Crippen LogP contribution is 2.27. The number of hydrogen-bond acceptors (Lipinski definition) is 2. The Bertz CT molecular complexity index is 214. The average molecular weight is 152 g/mol. The van der Waals surface area contributed by atoms with Crippen LogP contribution >= 0.6 is 8.96 Å². The normalized spacial score (nSPS) is 18.0. The molecular weight excluding hydrogens is 145 g/mol. The van der Waals surface area contributed by atoms with Crippen molar-refractivity contribution >= 4 is 8.96 Å². The molecule has 0 aliphatic carbocycles. The second-order valence-corrected chi connectivity index (χ2v) is 2.81. The molecule has 2 nitrogen and oxygen atoms in total. The molecule has 1 aromatic carbocycles. The lowest BCUT2D eigenvalue weighted by atomic mass is 10.2. The third-order valence-corrected chi connectivity index (χ3v) is 2.03. The fourth-order valence-corrected chi connectivity index (χ4v) is 1.51. The van der Waals surface area contributed by atoms with Gasteiger partial charge < -0.3 is 4.52 Å². The van der Waals surface area contributed by atoms with E-state index in [1.807, 2.05) is 18.2 Å². The van der Waals surface area contributed by atoms with Gasteiger partial charge in [-0.15, -0.1) is 0 Å². The molecule has 0 saturated carbocycles. The number of rotatable bonds is 0. The third kappa shape index (κ3) is 1.00. The molecule has 1 N–H and O–H groups in total. The van der Waals surface area contributed by atoms with E-state index in [9.17, 15) is 0 Å². The van der Waals surface area contributed by atoms with Gasteiger partial charge in [0, 0.05) is 12.1 Å². The lowest BCUT2D eigenvalue weighted by Crippen LogP contribution is -2.09. The van der Waals surface area contributed by atoms with Crippen LogP contribution in [0.15, 0.2) is 24.3 Å². The number of nitrogens with one attached hydrogen (secondary N) is 1. The van der Waals surface area contributed by atoms with Gasteiger partial charge in [0.05, 0.1) is 0 Å². The highest BCUT2D eigenvalue weighted by atomic mass is 31.1. The molecule has 3 heteroatoms. The summed E-state index contributed by atoms with van der Waals surface area (Å²) in [6.45, 7) is 0.914. The average Bonchev–Trinajstić information content (AvgIpc) is 2.05. The maximum atomic E-state index is 5.28. The van der Waals surface area contributed by atoms with Gasteiger partial charge >= 0.3 is 0 Å². The molecule has 0 atom stereocenters. The lowest BCUT2D eigenvalue weighted by molar-refractivity contribution is 0.582. The molecule has 0 bridgehead atoms. The quantitative estimate of drug-likeness (QED) is 0.573. The minimum Gasteiger partial charge on any atom is -0.449 e. The van der Waals surface area contributed by atoms with E-state index >= 15 is 0 Å². The first-order valence-corrected chi connectivity index (χ1v) is 3.96. The molecule has 0 spiro atoms. The molecule has 51 valence electrons. The van der Waals surface area contributed by atoms with Crippen molar-refractivity contribution < 1.29 is 4.52 Å². The Balaban J connectivity index is 2.41.